The first-order valence-corrected chi connectivity index (χ1v) is 7.05. The average molecular weight is 300 g/mol. The Hall–Kier alpha value is -2.10. The molecule has 1 aromatic heterocycles. The first-order chi connectivity index (χ1) is 10.3. The zero-order chi connectivity index (χ0) is 14.7. The zero-order valence-corrected chi connectivity index (χ0v) is 12.0. The minimum Gasteiger partial charge on any atom is -0.491 e. The molecule has 21 heavy (non-hydrogen) atoms. The van der Waals surface area contributed by atoms with Crippen LogP contribution in [0.5, 0.6) is 5.75 Å². The highest BCUT2D eigenvalue weighted by atomic mass is 35.5. The number of hydrogen-bond acceptors (Lipinski definition) is 3. The summed E-state index contributed by atoms with van der Waals surface area (Å²) in [6, 6.07) is 17.3. The number of aliphatic hydroxyl groups excluding tert-OH is 1. The topological polar surface area (TPSA) is 42.4 Å². The van der Waals surface area contributed by atoms with Crippen LogP contribution in [0.25, 0.3) is 22.2 Å². The van der Waals surface area contributed by atoms with Crippen LogP contribution in [-0.4, -0.2) is 23.3 Å². The molecule has 106 valence electrons. The second kappa shape index (κ2) is 6.12. The molecule has 2 aromatic carbocycles. The second-order valence-electron chi connectivity index (χ2n) is 4.60. The van der Waals surface area contributed by atoms with Gasteiger partial charge in [0.05, 0.1) is 22.8 Å². The van der Waals surface area contributed by atoms with E-state index in [0.717, 1.165) is 27.9 Å². The highest BCUT2D eigenvalue weighted by molar-refractivity contribution is 6.35. The number of aliphatic hydroxyl groups is 1. The van der Waals surface area contributed by atoms with E-state index in [1.54, 1.807) is 0 Å². The fraction of sp³-hybridized carbons (Fsp3) is 0.118. The van der Waals surface area contributed by atoms with Crippen LogP contribution >= 0.6 is 11.6 Å². The molecule has 0 atom stereocenters. The molecule has 0 aliphatic rings. The number of rotatable bonds is 4. The lowest BCUT2D eigenvalue weighted by atomic mass is 10.1. The van der Waals surface area contributed by atoms with E-state index in [-0.39, 0.29) is 6.61 Å². The van der Waals surface area contributed by atoms with Gasteiger partial charge in [0.25, 0.3) is 0 Å². The summed E-state index contributed by atoms with van der Waals surface area (Å²) in [5.41, 5.74) is 2.66. The maximum atomic E-state index is 8.74. The van der Waals surface area contributed by atoms with Gasteiger partial charge in [-0.15, -0.1) is 0 Å². The Kier molecular flexibility index (Phi) is 4.04. The van der Waals surface area contributed by atoms with Gasteiger partial charge in [0.2, 0.25) is 0 Å². The molecule has 0 aliphatic carbocycles. The summed E-state index contributed by atoms with van der Waals surface area (Å²) in [7, 11) is 0. The quantitative estimate of drug-likeness (QED) is 0.794. The van der Waals surface area contributed by atoms with Gasteiger partial charge < -0.3 is 9.84 Å². The number of benzene rings is 2. The van der Waals surface area contributed by atoms with Crippen LogP contribution in [-0.2, 0) is 0 Å². The standard InChI is InChI=1S/C17H14ClNO2/c18-15-3-1-2-13-6-9-16(19-17(13)15)12-4-7-14(8-5-12)21-11-10-20/h1-9,20H,10-11H2. The first-order valence-electron chi connectivity index (χ1n) is 6.67. The number of hydrogen-bond donors (Lipinski definition) is 1. The molecule has 0 saturated heterocycles. The van der Waals surface area contributed by atoms with Crippen molar-refractivity contribution in [2.24, 2.45) is 0 Å². The zero-order valence-electron chi connectivity index (χ0n) is 11.3. The molecule has 3 rings (SSSR count). The molecule has 0 fully saturated rings. The summed E-state index contributed by atoms with van der Waals surface area (Å²) in [6.07, 6.45) is 0. The summed E-state index contributed by atoms with van der Waals surface area (Å²) < 4.78 is 5.34. The highest BCUT2D eigenvalue weighted by Crippen LogP contribution is 2.26. The van der Waals surface area contributed by atoms with E-state index in [0.29, 0.717) is 11.6 Å². The molecule has 3 aromatic rings. The van der Waals surface area contributed by atoms with Crippen molar-refractivity contribution in [1.29, 1.82) is 0 Å². The molecule has 0 radical (unpaired) electrons. The third kappa shape index (κ3) is 2.99. The fourth-order valence-electron chi connectivity index (χ4n) is 2.16. The second-order valence-corrected chi connectivity index (χ2v) is 5.01. The Morgan fingerprint density at radius 2 is 1.81 bits per heavy atom. The van der Waals surface area contributed by atoms with Gasteiger partial charge in [-0.25, -0.2) is 4.98 Å². The molecular formula is C17H14ClNO2. The van der Waals surface area contributed by atoms with Crippen molar-refractivity contribution in [2.45, 2.75) is 0 Å². The van der Waals surface area contributed by atoms with Crippen molar-refractivity contribution in [3.05, 3.63) is 59.6 Å². The third-order valence-electron chi connectivity index (χ3n) is 3.18. The Morgan fingerprint density at radius 1 is 1.00 bits per heavy atom. The van der Waals surface area contributed by atoms with E-state index < -0.39 is 0 Å². The van der Waals surface area contributed by atoms with E-state index in [1.807, 2.05) is 54.6 Å². The normalized spacial score (nSPS) is 10.8. The Bertz CT molecular complexity index is 756. The van der Waals surface area contributed by atoms with E-state index in [4.69, 9.17) is 21.4 Å². The van der Waals surface area contributed by atoms with Crippen LogP contribution in [0.2, 0.25) is 5.02 Å². The maximum absolute atomic E-state index is 8.74. The summed E-state index contributed by atoms with van der Waals surface area (Å²) in [5, 5.41) is 10.4. The lowest BCUT2D eigenvalue weighted by molar-refractivity contribution is 0.201. The largest absolute Gasteiger partial charge is 0.491 e. The van der Waals surface area contributed by atoms with Crippen molar-refractivity contribution in [1.82, 2.24) is 4.98 Å². The Morgan fingerprint density at radius 3 is 2.57 bits per heavy atom. The Labute approximate surface area is 127 Å². The highest BCUT2D eigenvalue weighted by Gasteiger charge is 2.04. The number of halogens is 1. The van der Waals surface area contributed by atoms with E-state index in [2.05, 4.69) is 4.98 Å². The minimum atomic E-state index is 0.00643. The molecule has 4 heteroatoms. The summed E-state index contributed by atoms with van der Waals surface area (Å²) >= 11 is 6.19. The average Bonchev–Trinajstić information content (AvgIpc) is 2.54. The van der Waals surface area contributed by atoms with Crippen LogP contribution in [0.4, 0.5) is 0 Å². The van der Waals surface area contributed by atoms with E-state index in [9.17, 15) is 0 Å². The van der Waals surface area contributed by atoms with E-state index in [1.165, 1.54) is 0 Å². The van der Waals surface area contributed by atoms with Crippen molar-refractivity contribution < 1.29 is 9.84 Å². The molecule has 0 spiro atoms. The van der Waals surface area contributed by atoms with Crippen LogP contribution in [0.1, 0.15) is 0 Å². The first kappa shape index (κ1) is 13.9. The molecule has 1 heterocycles. The number of para-hydroxylation sites is 1. The molecule has 0 amide bonds. The summed E-state index contributed by atoms with van der Waals surface area (Å²) in [4.78, 5) is 4.62. The van der Waals surface area contributed by atoms with Crippen LogP contribution in [0.15, 0.2) is 54.6 Å². The maximum Gasteiger partial charge on any atom is 0.119 e. The van der Waals surface area contributed by atoms with Gasteiger partial charge in [-0.3, -0.25) is 0 Å². The predicted octanol–water partition coefficient (Wildman–Crippen LogP) is 3.93. The monoisotopic (exact) mass is 299 g/mol. The van der Waals surface area contributed by atoms with Crippen molar-refractivity contribution in [3.63, 3.8) is 0 Å². The molecule has 1 N–H and O–H groups in total. The van der Waals surface area contributed by atoms with Gasteiger partial charge >= 0.3 is 0 Å². The number of ether oxygens (including phenoxy) is 1. The molecule has 0 saturated carbocycles. The third-order valence-corrected chi connectivity index (χ3v) is 3.49. The van der Waals surface area contributed by atoms with Gasteiger partial charge in [0.15, 0.2) is 0 Å². The van der Waals surface area contributed by atoms with Gasteiger partial charge in [-0.1, -0.05) is 29.8 Å². The summed E-state index contributed by atoms with van der Waals surface area (Å²) in [5.74, 6) is 0.728. The fourth-order valence-corrected chi connectivity index (χ4v) is 2.38. The molecule has 0 bridgehead atoms. The molecule has 3 nitrogen and oxygen atoms in total. The van der Waals surface area contributed by atoms with Crippen LogP contribution < -0.4 is 4.74 Å². The number of pyridine rings is 1. The lowest BCUT2D eigenvalue weighted by Crippen LogP contribution is -2.01. The molecular weight excluding hydrogens is 286 g/mol. The number of nitrogens with zero attached hydrogens (tertiary/aromatic N) is 1. The van der Waals surface area contributed by atoms with Gasteiger partial charge in [-0.05, 0) is 36.4 Å². The van der Waals surface area contributed by atoms with Gasteiger partial charge in [-0.2, -0.15) is 0 Å². The van der Waals surface area contributed by atoms with Crippen molar-refractivity contribution in [3.8, 4) is 17.0 Å². The SMILES string of the molecule is OCCOc1ccc(-c2ccc3cccc(Cl)c3n2)cc1. The molecule has 0 unspecified atom stereocenters. The van der Waals surface area contributed by atoms with E-state index >= 15 is 0 Å². The minimum absolute atomic E-state index is 0.00643. The van der Waals surface area contributed by atoms with Gasteiger partial charge in [0, 0.05) is 10.9 Å². The number of aromatic nitrogens is 1. The number of fused-ring (bicyclic) bond motifs is 1. The smallest absolute Gasteiger partial charge is 0.119 e. The van der Waals surface area contributed by atoms with Crippen molar-refractivity contribution in [2.75, 3.05) is 13.2 Å². The van der Waals surface area contributed by atoms with Crippen LogP contribution in [0.3, 0.4) is 0 Å². The summed E-state index contributed by atoms with van der Waals surface area (Å²) in [6.45, 7) is 0.301. The van der Waals surface area contributed by atoms with Crippen LogP contribution in [0, 0.1) is 0 Å². The Balaban J connectivity index is 1.94. The lowest BCUT2D eigenvalue weighted by Gasteiger charge is -2.07. The van der Waals surface area contributed by atoms with Crippen molar-refractivity contribution >= 4 is 22.5 Å². The van der Waals surface area contributed by atoms with Gasteiger partial charge in [0.1, 0.15) is 12.4 Å². The predicted molar refractivity (Wildman–Crippen MR) is 84.8 cm³/mol. The molecule has 0 aliphatic heterocycles.